The molecule has 0 saturated carbocycles. The summed E-state index contributed by atoms with van der Waals surface area (Å²) in [5, 5.41) is 8.41. The fourth-order valence-corrected chi connectivity index (χ4v) is 1.19. The van der Waals surface area contributed by atoms with Crippen LogP contribution in [0.3, 0.4) is 0 Å². The number of hydrogen-bond acceptors (Lipinski definition) is 3. The van der Waals surface area contributed by atoms with E-state index in [1.807, 2.05) is 0 Å². The molecule has 1 aliphatic heterocycles. The first kappa shape index (κ1) is 6.70. The van der Waals surface area contributed by atoms with Gasteiger partial charge < -0.3 is 5.11 Å². The Kier molecular flexibility index (Phi) is 1.82. The maximum atomic E-state index is 10.2. The lowest BCUT2D eigenvalue weighted by Crippen LogP contribution is -2.28. The standard InChI is InChI=1S/C4H7NO3S/c1-3-2-8-9-5(3)4(6)7/h3H,2H2,1H3,(H,6,7)/t3-/m1/s1. The van der Waals surface area contributed by atoms with E-state index < -0.39 is 6.09 Å². The first-order chi connectivity index (χ1) is 4.22. The lowest BCUT2D eigenvalue weighted by atomic mass is 10.4. The highest BCUT2D eigenvalue weighted by Gasteiger charge is 2.27. The predicted molar refractivity (Wildman–Crippen MR) is 32.9 cm³/mol. The van der Waals surface area contributed by atoms with Gasteiger partial charge in [-0.3, -0.25) is 4.18 Å². The van der Waals surface area contributed by atoms with Gasteiger partial charge in [0.25, 0.3) is 0 Å². The Hall–Kier alpha value is -0.420. The van der Waals surface area contributed by atoms with E-state index in [4.69, 9.17) is 9.29 Å². The van der Waals surface area contributed by atoms with Crippen LogP contribution < -0.4 is 0 Å². The molecular formula is C4H7NO3S. The number of hydrogen-bond donors (Lipinski definition) is 1. The second-order valence-corrected chi connectivity index (χ2v) is 2.59. The van der Waals surface area contributed by atoms with Gasteiger partial charge in [0.15, 0.2) is 0 Å². The van der Waals surface area contributed by atoms with Crippen molar-refractivity contribution in [3.8, 4) is 0 Å². The maximum absolute atomic E-state index is 10.2. The minimum absolute atomic E-state index is 0.0208. The number of nitrogens with zero attached hydrogens (tertiary/aromatic N) is 1. The summed E-state index contributed by atoms with van der Waals surface area (Å²) in [5.74, 6) is 0. The van der Waals surface area contributed by atoms with E-state index in [9.17, 15) is 4.79 Å². The van der Waals surface area contributed by atoms with E-state index in [2.05, 4.69) is 0 Å². The third-order valence-corrected chi connectivity index (χ3v) is 1.95. The molecule has 1 rings (SSSR count). The average Bonchev–Trinajstić information content (AvgIpc) is 2.13. The topological polar surface area (TPSA) is 49.8 Å². The van der Waals surface area contributed by atoms with Crippen LogP contribution >= 0.6 is 12.2 Å². The molecule has 1 atom stereocenters. The molecule has 1 heterocycles. The van der Waals surface area contributed by atoms with E-state index in [1.54, 1.807) is 6.92 Å². The maximum Gasteiger partial charge on any atom is 0.419 e. The van der Waals surface area contributed by atoms with E-state index in [-0.39, 0.29) is 6.04 Å². The Labute approximate surface area is 57.1 Å². The molecule has 1 saturated heterocycles. The third kappa shape index (κ3) is 1.28. The van der Waals surface area contributed by atoms with Gasteiger partial charge in [-0.2, -0.15) is 0 Å². The van der Waals surface area contributed by atoms with Gasteiger partial charge in [0.2, 0.25) is 0 Å². The third-order valence-electron chi connectivity index (χ3n) is 1.03. The summed E-state index contributed by atoms with van der Waals surface area (Å²) in [5.41, 5.74) is 0. The second kappa shape index (κ2) is 2.45. The average molecular weight is 149 g/mol. The fraction of sp³-hybridized carbons (Fsp3) is 0.750. The van der Waals surface area contributed by atoms with Crippen LogP contribution in [-0.4, -0.2) is 28.2 Å². The zero-order valence-electron chi connectivity index (χ0n) is 4.90. The van der Waals surface area contributed by atoms with Crippen molar-refractivity contribution in [1.82, 2.24) is 4.31 Å². The van der Waals surface area contributed by atoms with E-state index in [0.29, 0.717) is 6.61 Å². The molecule has 1 amide bonds. The van der Waals surface area contributed by atoms with Crippen molar-refractivity contribution in [3.05, 3.63) is 0 Å². The number of carbonyl (C=O) groups is 1. The van der Waals surface area contributed by atoms with Crippen LogP contribution in [0.5, 0.6) is 0 Å². The molecule has 0 aromatic rings. The van der Waals surface area contributed by atoms with Crippen LogP contribution in [0.4, 0.5) is 4.79 Å². The minimum Gasteiger partial charge on any atom is -0.464 e. The monoisotopic (exact) mass is 149 g/mol. The summed E-state index contributed by atoms with van der Waals surface area (Å²) in [6, 6.07) is -0.0208. The first-order valence-electron chi connectivity index (χ1n) is 2.53. The van der Waals surface area contributed by atoms with Crippen LogP contribution in [0, 0.1) is 0 Å². The molecule has 5 heteroatoms. The fourth-order valence-electron chi connectivity index (χ4n) is 0.547. The molecular weight excluding hydrogens is 142 g/mol. The smallest absolute Gasteiger partial charge is 0.419 e. The van der Waals surface area contributed by atoms with Crippen molar-refractivity contribution in [3.63, 3.8) is 0 Å². The van der Waals surface area contributed by atoms with Crippen molar-refractivity contribution in [2.24, 2.45) is 0 Å². The molecule has 0 radical (unpaired) electrons. The highest BCUT2D eigenvalue weighted by Crippen LogP contribution is 2.23. The summed E-state index contributed by atoms with van der Waals surface area (Å²) in [6.07, 6.45) is -0.940. The van der Waals surface area contributed by atoms with Gasteiger partial charge in [0.1, 0.15) is 12.2 Å². The second-order valence-electron chi connectivity index (χ2n) is 1.82. The molecule has 1 N–H and O–H groups in total. The van der Waals surface area contributed by atoms with Crippen molar-refractivity contribution in [2.75, 3.05) is 6.61 Å². The summed E-state index contributed by atoms with van der Waals surface area (Å²) < 4.78 is 5.97. The van der Waals surface area contributed by atoms with Gasteiger partial charge in [-0.15, -0.1) is 0 Å². The highest BCUT2D eigenvalue weighted by atomic mass is 32.2. The van der Waals surface area contributed by atoms with Crippen LogP contribution in [0.1, 0.15) is 6.92 Å². The summed E-state index contributed by atoms with van der Waals surface area (Å²) in [7, 11) is 0. The number of rotatable bonds is 0. The zero-order valence-corrected chi connectivity index (χ0v) is 5.72. The lowest BCUT2D eigenvalue weighted by Gasteiger charge is -2.10. The summed E-state index contributed by atoms with van der Waals surface area (Å²) >= 11 is 0.892. The SMILES string of the molecule is C[C@@H]1COSN1C(=O)O. The normalized spacial score (nSPS) is 26.8. The van der Waals surface area contributed by atoms with E-state index in [1.165, 1.54) is 4.31 Å². The Balaban J connectivity index is 2.49. The van der Waals surface area contributed by atoms with Crippen LogP contribution in [0.2, 0.25) is 0 Å². The Morgan fingerprint density at radius 1 is 2.00 bits per heavy atom. The van der Waals surface area contributed by atoms with E-state index >= 15 is 0 Å². The predicted octanol–water partition coefficient (Wildman–Crippen LogP) is 0.948. The number of amides is 1. The molecule has 0 aromatic heterocycles. The van der Waals surface area contributed by atoms with Crippen LogP contribution in [-0.2, 0) is 4.18 Å². The Bertz CT molecular complexity index is 129. The Morgan fingerprint density at radius 3 is 2.89 bits per heavy atom. The van der Waals surface area contributed by atoms with Crippen LogP contribution in [0.25, 0.3) is 0 Å². The first-order valence-corrected chi connectivity index (χ1v) is 3.23. The largest absolute Gasteiger partial charge is 0.464 e. The molecule has 0 unspecified atom stereocenters. The molecule has 52 valence electrons. The van der Waals surface area contributed by atoms with Crippen molar-refractivity contribution < 1.29 is 14.1 Å². The molecule has 0 aromatic carbocycles. The quantitative estimate of drug-likeness (QED) is 0.411. The molecule has 0 bridgehead atoms. The Morgan fingerprint density at radius 2 is 2.67 bits per heavy atom. The molecule has 0 spiro atoms. The molecule has 4 nitrogen and oxygen atoms in total. The molecule has 0 aliphatic carbocycles. The van der Waals surface area contributed by atoms with Gasteiger partial charge in [0, 0.05) is 0 Å². The number of carboxylic acid groups (broad SMARTS) is 1. The molecule has 1 fully saturated rings. The molecule has 9 heavy (non-hydrogen) atoms. The van der Waals surface area contributed by atoms with Crippen molar-refractivity contribution in [2.45, 2.75) is 13.0 Å². The molecule has 1 aliphatic rings. The van der Waals surface area contributed by atoms with Crippen molar-refractivity contribution >= 4 is 18.3 Å². The summed E-state index contributed by atoms with van der Waals surface area (Å²) in [6.45, 7) is 2.28. The lowest BCUT2D eigenvalue weighted by molar-refractivity contribution is 0.168. The van der Waals surface area contributed by atoms with Gasteiger partial charge in [-0.05, 0) is 6.92 Å². The zero-order chi connectivity index (χ0) is 6.85. The van der Waals surface area contributed by atoms with Gasteiger partial charge in [-0.25, -0.2) is 9.10 Å². The van der Waals surface area contributed by atoms with Gasteiger partial charge in [0.05, 0.1) is 12.6 Å². The minimum atomic E-state index is -0.940. The van der Waals surface area contributed by atoms with Crippen LogP contribution in [0.15, 0.2) is 0 Å². The van der Waals surface area contributed by atoms with E-state index in [0.717, 1.165) is 12.2 Å². The van der Waals surface area contributed by atoms with Gasteiger partial charge >= 0.3 is 6.09 Å². The van der Waals surface area contributed by atoms with Gasteiger partial charge in [-0.1, -0.05) is 0 Å². The highest BCUT2D eigenvalue weighted by molar-refractivity contribution is 7.93. The summed E-state index contributed by atoms with van der Waals surface area (Å²) in [4.78, 5) is 10.2. The van der Waals surface area contributed by atoms with Crippen molar-refractivity contribution in [1.29, 1.82) is 0 Å².